The van der Waals surface area contributed by atoms with Crippen molar-refractivity contribution in [3.8, 4) is 0 Å². The zero-order chi connectivity index (χ0) is 11.5. The Morgan fingerprint density at radius 1 is 1.31 bits per heavy atom. The van der Waals surface area contributed by atoms with Crippen molar-refractivity contribution < 1.29 is 4.79 Å². The van der Waals surface area contributed by atoms with E-state index in [1.54, 1.807) is 13.0 Å². The van der Waals surface area contributed by atoms with Crippen LogP contribution in [-0.4, -0.2) is 5.12 Å². The molecule has 16 heavy (non-hydrogen) atoms. The summed E-state index contributed by atoms with van der Waals surface area (Å²) in [5, 5.41) is 2.36. The van der Waals surface area contributed by atoms with Gasteiger partial charge in [0.15, 0.2) is 5.12 Å². The summed E-state index contributed by atoms with van der Waals surface area (Å²) in [5.74, 6) is 0. The highest BCUT2D eigenvalue weighted by Crippen LogP contribution is 2.30. The molecule has 0 saturated carbocycles. The molecule has 0 saturated heterocycles. The van der Waals surface area contributed by atoms with E-state index < -0.39 is 0 Å². The van der Waals surface area contributed by atoms with Gasteiger partial charge in [-0.05, 0) is 28.5 Å². The third-order valence-electron chi connectivity index (χ3n) is 2.34. The molecule has 80 valence electrons. The first-order valence-electron chi connectivity index (χ1n) is 5.04. The first-order chi connectivity index (χ1) is 7.70. The van der Waals surface area contributed by atoms with Gasteiger partial charge in [0.1, 0.15) is 0 Å². The summed E-state index contributed by atoms with van der Waals surface area (Å²) in [6.45, 7) is 5.35. The van der Waals surface area contributed by atoms with Crippen LogP contribution in [0.15, 0.2) is 47.9 Å². The normalized spacial score (nSPS) is 10.3. The second-order valence-corrected chi connectivity index (χ2v) is 4.76. The fourth-order valence-corrected chi connectivity index (χ4v) is 2.46. The molecule has 0 heterocycles. The second kappa shape index (κ2) is 4.54. The second-order valence-electron chi connectivity index (χ2n) is 3.54. The highest BCUT2D eigenvalue weighted by Gasteiger charge is 2.05. The van der Waals surface area contributed by atoms with E-state index in [-0.39, 0.29) is 5.12 Å². The number of rotatable bonds is 2. The Hall–Kier alpha value is -1.54. The maximum Gasteiger partial charge on any atom is 0.190 e. The average molecular weight is 228 g/mol. The van der Waals surface area contributed by atoms with Crippen LogP contribution in [0.2, 0.25) is 0 Å². The molecule has 0 radical (unpaired) electrons. The summed E-state index contributed by atoms with van der Waals surface area (Å²) >= 11 is 1.27. The third kappa shape index (κ3) is 2.17. The molecule has 2 heteroatoms. The molecule has 2 aromatic rings. The van der Waals surface area contributed by atoms with Gasteiger partial charge in [-0.3, -0.25) is 4.79 Å². The largest absolute Gasteiger partial charge is 0.287 e. The number of hydrogen-bond acceptors (Lipinski definition) is 2. The van der Waals surface area contributed by atoms with Gasteiger partial charge in [0.05, 0.1) is 0 Å². The lowest BCUT2D eigenvalue weighted by Crippen LogP contribution is -1.85. The van der Waals surface area contributed by atoms with Crippen molar-refractivity contribution in [3.63, 3.8) is 0 Å². The van der Waals surface area contributed by atoms with Gasteiger partial charge >= 0.3 is 0 Å². The van der Waals surface area contributed by atoms with Gasteiger partial charge in [0, 0.05) is 11.8 Å². The lowest BCUT2D eigenvalue weighted by Gasteiger charge is -2.06. The summed E-state index contributed by atoms with van der Waals surface area (Å²) in [6.07, 6.45) is 1.80. The summed E-state index contributed by atoms with van der Waals surface area (Å²) in [7, 11) is 0. The first-order valence-corrected chi connectivity index (χ1v) is 5.86. The van der Waals surface area contributed by atoms with Crippen LogP contribution in [0, 0.1) is 0 Å². The average Bonchev–Trinajstić information content (AvgIpc) is 2.28. The van der Waals surface area contributed by atoms with Crippen LogP contribution < -0.4 is 0 Å². The van der Waals surface area contributed by atoms with E-state index in [1.165, 1.54) is 11.8 Å². The topological polar surface area (TPSA) is 17.1 Å². The zero-order valence-electron chi connectivity index (χ0n) is 9.07. The van der Waals surface area contributed by atoms with E-state index in [2.05, 4.69) is 12.6 Å². The van der Waals surface area contributed by atoms with E-state index in [9.17, 15) is 4.79 Å². The van der Waals surface area contributed by atoms with Gasteiger partial charge in [0.25, 0.3) is 0 Å². The van der Waals surface area contributed by atoms with Crippen LogP contribution in [0.5, 0.6) is 0 Å². The fraction of sp³-hybridized carbons (Fsp3) is 0.0714. The van der Waals surface area contributed by atoms with Crippen molar-refractivity contribution >= 4 is 33.7 Å². The quantitative estimate of drug-likeness (QED) is 0.719. The zero-order valence-corrected chi connectivity index (χ0v) is 9.88. The molecule has 0 fully saturated rings. The lowest BCUT2D eigenvalue weighted by atomic mass is 10.1. The number of carbonyl (C=O) groups is 1. The van der Waals surface area contributed by atoms with E-state index in [1.807, 2.05) is 30.3 Å². The van der Waals surface area contributed by atoms with Crippen molar-refractivity contribution in [1.29, 1.82) is 0 Å². The van der Waals surface area contributed by atoms with Crippen molar-refractivity contribution in [2.75, 3.05) is 0 Å². The Kier molecular flexibility index (Phi) is 3.11. The third-order valence-corrected chi connectivity index (χ3v) is 3.18. The van der Waals surface area contributed by atoms with Crippen LogP contribution in [0.25, 0.3) is 16.8 Å². The maximum atomic E-state index is 11.2. The van der Waals surface area contributed by atoms with Crippen molar-refractivity contribution in [2.24, 2.45) is 0 Å². The number of fused-ring (bicyclic) bond motifs is 1. The Labute approximate surface area is 99.2 Å². The predicted molar refractivity (Wildman–Crippen MR) is 70.6 cm³/mol. The molecule has 0 spiro atoms. The number of thioether (sulfide) groups is 1. The molecule has 1 nitrogen and oxygen atoms in total. The predicted octanol–water partition coefficient (Wildman–Crippen LogP) is 4.12. The number of hydrogen-bond donors (Lipinski definition) is 0. The molecule has 0 atom stereocenters. The lowest BCUT2D eigenvalue weighted by molar-refractivity contribution is -0.109. The Morgan fingerprint density at radius 2 is 2.06 bits per heavy atom. The molecule has 0 amide bonds. The van der Waals surface area contributed by atoms with Gasteiger partial charge in [-0.15, -0.1) is 0 Å². The smallest absolute Gasteiger partial charge is 0.190 e. The standard InChI is InChI=1S/C14H12OS/c1-3-11-8-12-6-4-5-7-13(12)14(9-11)16-10(2)15/h3-9H,1H2,2H3. The van der Waals surface area contributed by atoms with Crippen molar-refractivity contribution in [3.05, 3.63) is 48.5 Å². The Balaban J connectivity index is 2.67. The fourth-order valence-electron chi connectivity index (χ4n) is 1.65. The van der Waals surface area contributed by atoms with Gasteiger partial charge in [-0.25, -0.2) is 0 Å². The minimum Gasteiger partial charge on any atom is -0.287 e. The monoisotopic (exact) mass is 228 g/mol. The van der Waals surface area contributed by atoms with E-state index in [4.69, 9.17) is 0 Å². The summed E-state index contributed by atoms with van der Waals surface area (Å²) in [6, 6.07) is 12.1. The maximum absolute atomic E-state index is 11.2. The summed E-state index contributed by atoms with van der Waals surface area (Å²) in [5.41, 5.74) is 1.04. The van der Waals surface area contributed by atoms with Crippen LogP contribution in [-0.2, 0) is 4.79 Å². The first kappa shape index (κ1) is 11.0. The molecule has 0 bridgehead atoms. The molecular weight excluding hydrogens is 216 g/mol. The molecule has 0 unspecified atom stereocenters. The van der Waals surface area contributed by atoms with Crippen molar-refractivity contribution in [2.45, 2.75) is 11.8 Å². The van der Waals surface area contributed by atoms with Crippen LogP contribution in [0.3, 0.4) is 0 Å². The number of benzene rings is 2. The Bertz CT molecular complexity index is 558. The molecule has 0 aliphatic rings. The molecule has 0 aliphatic carbocycles. The molecule has 2 rings (SSSR count). The van der Waals surface area contributed by atoms with Gasteiger partial charge in [-0.1, -0.05) is 48.7 Å². The molecule has 0 aliphatic heterocycles. The van der Waals surface area contributed by atoms with Gasteiger partial charge in [-0.2, -0.15) is 0 Å². The van der Waals surface area contributed by atoms with E-state index in [0.717, 1.165) is 21.2 Å². The van der Waals surface area contributed by atoms with Crippen molar-refractivity contribution in [1.82, 2.24) is 0 Å². The molecular formula is C14H12OS. The van der Waals surface area contributed by atoms with Crippen LogP contribution in [0.4, 0.5) is 0 Å². The summed E-state index contributed by atoms with van der Waals surface area (Å²) < 4.78 is 0. The van der Waals surface area contributed by atoms with E-state index in [0.29, 0.717) is 0 Å². The highest BCUT2D eigenvalue weighted by atomic mass is 32.2. The SMILES string of the molecule is C=Cc1cc(SC(C)=O)c2ccccc2c1. The van der Waals surface area contributed by atoms with Crippen LogP contribution >= 0.6 is 11.8 Å². The Morgan fingerprint density at radius 3 is 2.75 bits per heavy atom. The number of carbonyl (C=O) groups excluding carboxylic acids is 1. The van der Waals surface area contributed by atoms with E-state index >= 15 is 0 Å². The molecule has 2 aromatic carbocycles. The minimum atomic E-state index is 0.103. The molecule has 0 aromatic heterocycles. The summed E-state index contributed by atoms with van der Waals surface area (Å²) in [4.78, 5) is 12.2. The van der Waals surface area contributed by atoms with Crippen LogP contribution in [0.1, 0.15) is 12.5 Å². The minimum absolute atomic E-state index is 0.103. The van der Waals surface area contributed by atoms with Gasteiger partial charge < -0.3 is 0 Å². The van der Waals surface area contributed by atoms with Gasteiger partial charge in [0.2, 0.25) is 0 Å². The molecule has 0 N–H and O–H groups in total. The highest BCUT2D eigenvalue weighted by molar-refractivity contribution is 8.13.